The molecule has 3 rings (SSSR count). The predicted octanol–water partition coefficient (Wildman–Crippen LogP) is 3.01. The second-order valence-electron chi connectivity index (χ2n) is 5.66. The maximum absolute atomic E-state index is 12.2. The first-order chi connectivity index (χ1) is 10.1. The van der Waals surface area contributed by atoms with Crippen molar-refractivity contribution in [2.24, 2.45) is 0 Å². The van der Waals surface area contributed by atoms with Crippen molar-refractivity contribution >= 4 is 17.2 Å². The van der Waals surface area contributed by atoms with E-state index in [1.54, 1.807) is 0 Å². The van der Waals surface area contributed by atoms with E-state index < -0.39 is 5.60 Å². The average Bonchev–Trinajstić information content (AvgIpc) is 2.92. The molecule has 2 N–H and O–H groups in total. The van der Waals surface area contributed by atoms with Crippen molar-refractivity contribution in [1.82, 2.24) is 5.32 Å². The summed E-state index contributed by atoms with van der Waals surface area (Å²) < 4.78 is 0. The van der Waals surface area contributed by atoms with Crippen LogP contribution in [0.3, 0.4) is 0 Å². The second kappa shape index (κ2) is 5.62. The number of carbonyl (C=O) groups excluding carboxylic acids is 1. The Kier molecular flexibility index (Phi) is 3.83. The summed E-state index contributed by atoms with van der Waals surface area (Å²) >= 11 is 1.44. The molecule has 3 nitrogen and oxygen atoms in total. The van der Waals surface area contributed by atoms with E-state index in [-0.39, 0.29) is 12.5 Å². The summed E-state index contributed by atoms with van der Waals surface area (Å²) in [5.74, 6) is -0.0982. The minimum atomic E-state index is -0.949. The molecule has 1 heterocycles. The van der Waals surface area contributed by atoms with E-state index in [0.717, 1.165) is 28.8 Å². The van der Waals surface area contributed by atoms with Gasteiger partial charge in [-0.2, -0.15) is 0 Å². The first-order valence-electron chi connectivity index (χ1n) is 7.23. The van der Waals surface area contributed by atoms with Crippen molar-refractivity contribution in [2.75, 3.05) is 6.54 Å². The van der Waals surface area contributed by atoms with E-state index in [1.165, 1.54) is 16.9 Å². The lowest BCUT2D eigenvalue weighted by atomic mass is 9.79. The summed E-state index contributed by atoms with van der Waals surface area (Å²) in [6, 6.07) is 9.91. The largest absolute Gasteiger partial charge is 0.383 e. The van der Waals surface area contributed by atoms with Crippen LogP contribution < -0.4 is 5.32 Å². The van der Waals surface area contributed by atoms with Gasteiger partial charge in [0.05, 0.1) is 11.4 Å². The normalized spacial score (nSPS) is 20.9. The maximum atomic E-state index is 12.2. The highest BCUT2D eigenvalue weighted by Crippen LogP contribution is 2.34. The average molecular weight is 301 g/mol. The van der Waals surface area contributed by atoms with Gasteiger partial charge >= 0.3 is 0 Å². The molecule has 0 bridgehead atoms. The fourth-order valence-electron chi connectivity index (χ4n) is 2.99. The first kappa shape index (κ1) is 14.3. The van der Waals surface area contributed by atoms with Gasteiger partial charge in [0.2, 0.25) is 0 Å². The number of nitrogens with one attached hydrogen (secondary N) is 1. The topological polar surface area (TPSA) is 49.3 Å². The van der Waals surface area contributed by atoms with Crippen LogP contribution in [-0.4, -0.2) is 17.6 Å². The van der Waals surface area contributed by atoms with E-state index in [4.69, 9.17) is 0 Å². The highest BCUT2D eigenvalue weighted by atomic mass is 32.1. The Morgan fingerprint density at radius 2 is 2.19 bits per heavy atom. The predicted molar refractivity (Wildman–Crippen MR) is 84.7 cm³/mol. The zero-order valence-corrected chi connectivity index (χ0v) is 12.9. The summed E-state index contributed by atoms with van der Waals surface area (Å²) in [5, 5.41) is 15.7. The number of fused-ring (bicyclic) bond motifs is 1. The third-order valence-electron chi connectivity index (χ3n) is 4.16. The number of aryl methyl sites for hydroxylation is 2. The molecule has 1 unspecified atom stereocenters. The van der Waals surface area contributed by atoms with E-state index in [0.29, 0.717) is 6.42 Å². The second-order valence-corrected chi connectivity index (χ2v) is 6.57. The molecule has 0 spiro atoms. The molecule has 110 valence electrons. The highest BCUT2D eigenvalue weighted by Gasteiger charge is 2.34. The number of hydrogen-bond acceptors (Lipinski definition) is 3. The molecule has 0 fully saturated rings. The Balaban J connectivity index is 1.76. The summed E-state index contributed by atoms with van der Waals surface area (Å²) in [5.41, 5.74) is 2.18. The number of amides is 1. The molecule has 1 amide bonds. The third kappa shape index (κ3) is 2.74. The van der Waals surface area contributed by atoms with Crippen molar-refractivity contribution in [3.05, 3.63) is 57.3 Å². The molecular weight excluding hydrogens is 282 g/mol. The lowest BCUT2D eigenvalue weighted by Gasteiger charge is -2.34. The molecule has 1 aliphatic rings. The molecule has 4 heteroatoms. The molecule has 1 aliphatic carbocycles. The van der Waals surface area contributed by atoms with Crippen molar-refractivity contribution in [3.63, 3.8) is 0 Å². The fraction of sp³-hybridized carbons (Fsp3) is 0.353. The van der Waals surface area contributed by atoms with Crippen molar-refractivity contribution < 1.29 is 9.90 Å². The summed E-state index contributed by atoms with van der Waals surface area (Å²) in [4.78, 5) is 12.9. The van der Waals surface area contributed by atoms with Crippen LogP contribution in [0.5, 0.6) is 0 Å². The molecule has 1 atom stereocenters. The Bertz CT molecular complexity index is 664. The Hall–Kier alpha value is -1.65. The van der Waals surface area contributed by atoms with Gasteiger partial charge < -0.3 is 10.4 Å². The van der Waals surface area contributed by atoms with Crippen LogP contribution >= 0.6 is 11.3 Å². The van der Waals surface area contributed by atoms with Crippen LogP contribution in [0.2, 0.25) is 0 Å². The maximum Gasteiger partial charge on any atom is 0.261 e. The minimum absolute atomic E-state index is 0.0982. The summed E-state index contributed by atoms with van der Waals surface area (Å²) in [6.07, 6.45) is 2.63. The van der Waals surface area contributed by atoms with Crippen LogP contribution in [0.4, 0.5) is 0 Å². The highest BCUT2D eigenvalue weighted by molar-refractivity contribution is 7.12. The zero-order chi connectivity index (χ0) is 14.9. The quantitative estimate of drug-likeness (QED) is 0.915. The Labute approximate surface area is 128 Å². The van der Waals surface area contributed by atoms with Crippen LogP contribution in [0.15, 0.2) is 35.7 Å². The number of aliphatic hydroxyl groups is 1. The number of hydrogen-bond donors (Lipinski definition) is 2. The summed E-state index contributed by atoms with van der Waals surface area (Å²) in [7, 11) is 0. The summed E-state index contributed by atoms with van der Waals surface area (Å²) in [6.45, 7) is 2.19. The van der Waals surface area contributed by atoms with E-state index in [9.17, 15) is 9.90 Å². The molecule has 1 aromatic carbocycles. The van der Waals surface area contributed by atoms with Gasteiger partial charge in [-0.1, -0.05) is 24.3 Å². The third-order valence-corrected chi connectivity index (χ3v) is 5.18. The molecule has 0 saturated carbocycles. The number of carbonyl (C=O) groups is 1. The van der Waals surface area contributed by atoms with Crippen LogP contribution in [0, 0.1) is 6.92 Å². The van der Waals surface area contributed by atoms with E-state index in [1.807, 2.05) is 36.6 Å². The van der Waals surface area contributed by atoms with Crippen LogP contribution in [0.25, 0.3) is 0 Å². The van der Waals surface area contributed by atoms with Gasteiger partial charge in [0.25, 0.3) is 5.91 Å². The van der Waals surface area contributed by atoms with Gasteiger partial charge in [0.1, 0.15) is 5.60 Å². The van der Waals surface area contributed by atoms with Gasteiger partial charge in [0.15, 0.2) is 0 Å². The van der Waals surface area contributed by atoms with Crippen molar-refractivity contribution in [3.8, 4) is 0 Å². The molecule has 21 heavy (non-hydrogen) atoms. The molecule has 0 radical (unpaired) electrons. The lowest BCUT2D eigenvalue weighted by Crippen LogP contribution is -2.42. The molecule has 2 aromatic rings. The lowest BCUT2D eigenvalue weighted by molar-refractivity contribution is 0.0190. The number of rotatable bonds is 3. The van der Waals surface area contributed by atoms with Gasteiger partial charge in [0, 0.05) is 0 Å². The van der Waals surface area contributed by atoms with Gasteiger partial charge in [-0.25, -0.2) is 0 Å². The van der Waals surface area contributed by atoms with Crippen molar-refractivity contribution in [1.29, 1.82) is 0 Å². The SMILES string of the molecule is Cc1ccsc1C(=O)NCC1(O)CCCc2ccccc21. The van der Waals surface area contributed by atoms with Crippen molar-refractivity contribution in [2.45, 2.75) is 31.8 Å². The minimum Gasteiger partial charge on any atom is -0.383 e. The molecular formula is C17H19NO2S. The van der Waals surface area contributed by atoms with E-state index in [2.05, 4.69) is 11.4 Å². The number of benzene rings is 1. The molecule has 1 aromatic heterocycles. The smallest absolute Gasteiger partial charge is 0.261 e. The van der Waals surface area contributed by atoms with Gasteiger partial charge in [-0.15, -0.1) is 11.3 Å². The van der Waals surface area contributed by atoms with Gasteiger partial charge in [-0.3, -0.25) is 4.79 Å². The standard InChI is InChI=1S/C17H19NO2S/c1-12-8-10-21-15(12)16(19)18-11-17(20)9-4-6-13-5-2-3-7-14(13)17/h2-3,5,7-8,10,20H,4,6,9,11H2,1H3,(H,18,19). The fourth-order valence-corrected chi connectivity index (χ4v) is 3.84. The Morgan fingerprint density at radius 3 is 2.95 bits per heavy atom. The van der Waals surface area contributed by atoms with Crippen LogP contribution in [0.1, 0.15) is 39.2 Å². The number of thiophene rings is 1. The molecule has 0 aliphatic heterocycles. The molecule has 0 saturated heterocycles. The first-order valence-corrected chi connectivity index (χ1v) is 8.11. The van der Waals surface area contributed by atoms with Gasteiger partial charge in [-0.05, 0) is 54.3 Å². The zero-order valence-electron chi connectivity index (χ0n) is 12.1. The van der Waals surface area contributed by atoms with E-state index >= 15 is 0 Å². The Morgan fingerprint density at radius 1 is 1.38 bits per heavy atom. The van der Waals surface area contributed by atoms with Crippen LogP contribution in [-0.2, 0) is 12.0 Å². The monoisotopic (exact) mass is 301 g/mol.